The van der Waals surface area contributed by atoms with Crippen molar-refractivity contribution in [3.8, 4) is 5.75 Å². The van der Waals surface area contributed by atoms with Gasteiger partial charge in [-0.3, -0.25) is 4.79 Å². The summed E-state index contributed by atoms with van der Waals surface area (Å²) in [5.41, 5.74) is 2.60. The summed E-state index contributed by atoms with van der Waals surface area (Å²) in [6.45, 7) is 4.59. The van der Waals surface area contributed by atoms with Crippen molar-refractivity contribution >= 4 is 5.97 Å². The minimum absolute atomic E-state index is 0.159. The summed E-state index contributed by atoms with van der Waals surface area (Å²) in [5, 5.41) is 0. The number of aryl methyl sites for hydroxylation is 1. The Kier molecular flexibility index (Phi) is 16.5. The van der Waals surface area contributed by atoms with Crippen molar-refractivity contribution in [1.82, 2.24) is 0 Å². The smallest absolute Gasteiger partial charge is 0.311 e. The Bertz CT molecular complexity index is 865. The van der Waals surface area contributed by atoms with Crippen LogP contribution in [0.5, 0.6) is 5.75 Å². The molecule has 2 aromatic carbocycles. The van der Waals surface area contributed by atoms with Gasteiger partial charge in [0.15, 0.2) is 0 Å². The van der Waals surface area contributed by atoms with Gasteiger partial charge in [-0.05, 0) is 30.5 Å². The molecule has 4 nitrogen and oxygen atoms in total. The number of nitrogens with zero attached hydrogens (tertiary/aromatic N) is 1. The molecule has 0 saturated carbocycles. The van der Waals surface area contributed by atoms with Crippen LogP contribution in [0.2, 0.25) is 0 Å². The molecule has 0 aliphatic carbocycles. The zero-order chi connectivity index (χ0) is 27.3. The van der Waals surface area contributed by atoms with Crippen molar-refractivity contribution in [3.05, 3.63) is 65.7 Å². The molecule has 0 atom stereocenters. The minimum atomic E-state index is -0.159. The molecule has 0 heterocycles. The van der Waals surface area contributed by atoms with E-state index in [1.807, 2.05) is 12.1 Å². The van der Waals surface area contributed by atoms with E-state index in [-0.39, 0.29) is 12.6 Å². The first-order valence-corrected chi connectivity index (χ1v) is 15.2. The molecule has 0 aromatic heterocycles. The standard InChI is InChI=1S/C34H54NO3/c1-4-5-6-7-8-9-10-11-12-13-14-16-20-31-23-19-24-33(29-31)37-27-28-38-34(36)25-26-35(2,3)30-32-21-17-15-18-22-32/h15,17-19,21-24,29H,4-14,16,20,25-28,30H2,1-3H3/q+1. The predicted molar refractivity (Wildman–Crippen MR) is 159 cm³/mol. The fourth-order valence-electron chi connectivity index (χ4n) is 4.90. The van der Waals surface area contributed by atoms with Crippen LogP contribution in [0.4, 0.5) is 0 Å². The summed E-state index contributed by atoms with van der Waals surface area (Å²) >= 11 is 0. The van der Waals surface area contributed by atoms with E-state index in [2.05, 4.69) is 63.5 Å². The van der Waals surface area contributed by atoms with Crippen LogP contribution < -0.4 is 4.74 Å². The fraction of sp³-hybridized carbons (Fsp3) is 0.618. The van der Waals surface area contributed by atoms with E-state index in [0.717, 1.165) is 29.7 Å². The van der Waals surface area contributed by atoms with E-state index < -0.39 is 0 Å². The van der Waals surface area contributed by atoms with E-state index in [1.54, 1.807) is 0 Å². The van der Waals surface area contributed by atoms with Gasteiger partial charge in [-0.25, -0.2) is 0 Å². The van der Waals surface area contributed by atoms with Gasteiger partial charge >= 0.3 is 5.97 Å². The first-order valence-electron chi connectivity index (χ1n) is 15.2. The molecule has 0 radical (unpaired) electrons. The van der Waals surface area contributed by atoms with Crippen LogP contribution in [0.15, 0.2) is 54.6 Å². The molecule has 38 heavy (non-hydrogen) atoms. The number of rotatable bonds is 22. The lowest BCUT2D eigenvalue weighted by molar-refractivity contribution is -0.903. The lowest BCUT2D eigenvalue weighted by atomic mass is 10.0. The first kappa shape index (κ1) is 31.9. The maximum absolute atomic E-state index is 12.2. The second-order valence-corrected chi connectivity index (χ2v) is 11.4. The number of ether oxygens (including phenoxy) is 2. The van der Waals surface area contributed by atoms with Crippen LogP contribution in [0.3, 0.4) is 0 Å². The highest BCUT2D eigenvalue weighted by molar-refractivity contribution is 5.69. The molecule has 0 saturated heterocycles. The Morgan fingerprint density at radius 3 is 1.97 bits per heavy atom. The van der Waals surface area contributed by atoms with Crippen LogP contribution in [-0.4, -0.2) is 44.3 Å². The molecule has 0 amide bonds. The van der Waals surface area contributed by atoms with Crippen molar-refractivity contribution in [2.45, 2.75) is 103 Å². The molecule has 0 aliphatic heterocycles. The topological polar surface area (TPSA) is 35.5 Å². The lowest BCUT2D eigenvalue weighted by Crippen LogP contribution is -2.40. The van der Waals surface area contributed by atoms with E-state index >= 15 is 0 Å². The Hall–Kier alpha value is -2.33. The van der Waals surface area contributed by atoms with Crippen LogP contribution in [0.1, 0.15) is 102 Å². The van der Waals surface area contributed by atoms with E-state index in [9.17, 15) is 4.79 Å². The second-order valence-electron chi connectivity index (χ2n) is 11.4. The Balaban J connectivity index is 1.49. The minimum Gasteiger partial charge on any atom is -0.490 e. The normalized spacial score (nSPS) is 11.4. The zero-order valence-electron chi connectivity index (χ0n) is 24.6. The van der Waals surface area contributed by atoms with Gasteiger partial charge in [-0.1, -0.05) is 120 Å². The summed E-state index contributed by atoms with van der Waals surface area (Å²) in [5.74, 6) is 0.701. The van der Waals surface area contributed by atoms with Crippen molar-refractivity contribution in [3.63, 3.8) is 0 Å². The average molecular weight is 525 g/mol. The largest absolute Gasteiger partial charge is 0.490 e. The summed E-state index contributed by atoms with van der Waals surface area (Å²) in [6, 6.07) is 18.7. The predicted octanol–water partition coefficient (Wildman–Crippen LogP) is 8.52. The highest BCUT2D eigenvalue weighted by Crippen LogP contribution is 2.17. The SMILES string of the molecule is CCCCCCCCCCCCCCc1cccc(OCCOC(=O)CC[N+](C)(C)Cc2ccccc2)c1. The maximum Gasteiger partial charge on any atom is 0.311 e. The number of esters is 1. The van der Waals surface area contributed by atoms with Crippen molar-refractivity contribution < 1.29 is 18.8 Å². The number of benzene rings is 2. The summed E-state index contributed by atoms with van der Waals surface area (Å²) in [4.78, 5) is 12.2. The van der Waals surface area contributed by atoms with E-state index in [1.165, 1.54) is 88.2 Å². The van der Waals surface area contributed by atoms with Crippen LogP contribution >= 0.6 is 0 Å². The molecule has 2 rings (SSSR count). The van der Waals surface area contributed by atoms with Gasteiger partial charge in [0.1, 0.15) is 25.5 Å². The molecule has 2 aromatic rings. The molecule has 212 valence electrons. The number of carbonyl (C=O) groups is 1. The summed E-state index contributed by atoms with van der Waals surface area (Å²) in [6.07, 6.45) is 18.0. The molecule has 0 unspecified atom stereocenters. The van der Waals surface area contributed by atoms with Crippen LogP contribution in [0.25, 0.3) is 0 Å². The van der Waals surface area contributed by atoms with Crippen molar-refractivity contribution in [1.29, 1.82) is 0 Å². The van der Waals surface area contributed by atoms with E-state index in [4.69, 9.17) is 9.47 Å². The fourth-order valence-corrected chi connectivity index (χ4v) is 4.90. The highest BCUT2D eigenvalue weighted by atomic mass is 16.6. The summed E-state index contributed by atoms with van der Waals surface area (Å²) in [7, 11) is 4.29. The van der Waals surface area contributed by atoms with Gasteiger partial charge < -0.3 is 14.0 Å². The number of carbonyl (C=O) groups excluding carboxylic acids is 1. The highest BCUT2D eigenvalue weighted by Gasteiger charge is 2.18. The van der Waals surface area contributed by atoms with Gasteiger partial charge in [0.05, 0.1) is 27.1 Å². The number of hydrogen-bond donors (Lipinski definition) is 0. The molecule has 4 heteroatoms. The molecule has 0 spiro atoms. The average Bonchev–Trinajstić information content (AvgIpc) is 2.91. The quantitative estimate of drug-likeness (QED) is 0.0879. The second kappa shape index (κ2) is 19.7. The number of hydrogen-bond acceptors (Lipinski definition) is 3. The van der Waals surface area contributed by atoms with Gasteiger partial charge in [-0.2, -0.15) is 0 Å². The van der Waals surface area contributed by atoms with Crippen molar-refractivity contribution in [2.24, 2.45) is 0 Å². The van der Waals surface area contributed by atoms with Gasteiger partial charge in [0.2, 0.25) is 0 Å². The number of quaternary nitrogens is 1. The van der Waals surface area contributed by atoms with Gasteiger partial charge in [0.25, 0.3) is 0 Å². The third-order valence-corrected chi connectivity index (χ3v) is 7.21. The number of unbranched alkanes of at least 4 members (excludes halogenated alkanes) is 11. The Morgan fingerprint density at radius 1 is 0.711 bits per heavy atom. The van der Waals surface area contributed by atoms with E-state index in [0.29, 0.717) is 13.0 Å². The molecular weight excluding hydrogens is 470 g/mol. The Labute approximate surface area is 233 Å². The van der Waals surface area contributed by atoms with Gasteiger partial charge in [0, 0.05) is 5.56 Å². The van der Waals surface area contributed by atoms with Crippen molar-refractivity contribution in [2.75, 3.05) is 33.9 Å². The third kappa shape index (κ3) is 15.8. The first-order chi connectivity index (χ1) is 18.5. The molecular formula is C34H54NO3+. The molecule has 0 fully saturated rings. The van der Waals surface area contributed by atoms with Crippen LogP contribution in [0, 0.1) is 0 Å². The molecule has 0 N–H and O–H groups in total. The third-order valence-electron chi connectivity index (χ3n) is 7.21. The molecule has 0 aliphatic rings. The van der Waals surface area contributed by atoms with Crippen LogP contribution in [-0.2, 0) is 22.5 Å². The Morgan fingerprint density at radius 2 is 1.32 bits per heavy atom. The zero-order valence-corrected chi connectivity index (χ0v) is 24.6. The molecule has 0 bridgehead atoms. The summed E-state index contributed by atoms with van der Waals surface area (Å²) < 4.78 is 12.0. The monoisotopic (exact) mass is 524 g/mol. The maximum atomic E-state index is 12.2. The van der Waals surface area contributed by atoms with Gasteiger partial charge in [-0.15, -0.1) is 0 Å². The lowest BCUT2D eigenvalue weighted by Gasteiger charge is -2.29.